The van der Waals surface area contributed by atoms with E-state index in [2.05, 4.69) is 47.7 Å². The zero-order chi connectivity index (χ0) is 14.4. The molecule has 0 radical (unpaired) electrons. The third kappa shape index (κ3) is 4.15. The molecule has 1 aromatic carbocycles. The van der Waals surface area contributed by atoms with Gasteiger partial charge < -0.3 is 10.1 Å². The number of hydrogen-bond acceptors (Lipinski definition) is 4. The molecule has 0 amide bonds. The molecule has 0 unspecified atom stereocenters. The van der Waals surface area contributed by atoms with Gasteiger partial charge in [0, 0.05) is 20.2 Å². The van der Waals surface area contributed by atoms with Crippen LogP contribution in [0, 0.1) is 13.8 Å². The van der Waals surface area contributed by atoms with Crippen molar-refractivity contribution >= 4 is 0 Å². The molecule has 1 aromatic heterocycles. The first-order chi connectivity index (χ1) is 9.69. The Hall–Kier alpha value is -1.72. The van der Waals surface area contributed by atoms with Crippen LogP contribution < -0.4 is 5.32 Å². The molecule has 0 spiro atoms. The average molecular weight is 274 g/mol. The van der Waals surface area contributed by atoms with E-state index in [1.54, 1.807) is 7.11 Å². The largest absolute Gasteiger partial charge is 0.383 e. The summed E-state index contributed by atoms with van der Waals surface area (Å²) in [4.78, 5) is 0. The average Bonchev–Trinajstić information content (AvgIpc) is 2.87. The van der Waals surface area contributed by atoms with Crippen LogP contribution in [0.15, 0.2) is 24.4 Å². The Balaban J connectivity index is 1.90. The lowest BCUT2D eigenvalue weighted by molar-refractivity contribution is 0.199. The molecular weight excluding hydrogens is 252 g/mol. The van der Waals surface area contributed by atoms with E-state index in [9.17, 15) is 0 Å². The number of rotatable bonds is 7. The van der Waals surface area contributed by atoms with Crippen molar-refractivity contribution < 1.29 is 4.74 Å². The summed E-state index contributed by atoms with van der Waals surface area (Å²) in [5.41, 5.74) is 4.82. The third-order valence-corrected chi connectivity index (χ3v) is 3.29. The summed E-state index contributed by atoms with van der Waals surface area (Å²) in [6.07, 6.45) is 1.98. The summed E-state index contributed by atoms with van der Waals surface area (Å²) in [5, 5.41) is 11.6. The van der Waals surface area contributed by atoms with E-state index < -0.39 is 0 Å². The van der Waals surface area contributed by atoms with Crippen molar-refractivity contribution in [2.75, 3.05) is 20.3 Å². The fraction of sp³-hybridized carbons (Fsp3) is 0.467. The van der Waals surface area contributed by atoms with Crippen molar-refractivity contribution in [1.82, 2.24) is 20.3 Å². The molecule has 0 saturated carbocycles. The first-order valence-corrected chi connectivity index (χ1v) is 6.84. The second-order valence-corrected chi connectivity index (χ2v) is 5.00. The van der Waals surface area contributed by atoms with Crippen LogP contribution in [0.25, 0.3) is 0 Å². The molecule has 20 heavy (non-hydrogen) atoms. The maximum Gasteiger partial charge on any atom is 0.0964 e. The fourth-order valence-corrected chi connectivity index (χ4v) is 1.98. The van der Waals surface area contributed by atoms with Crippen molar-refractivity contribution in [3.63, 3.8) is 0 Å². The SMILES string of the molecule is COCCNCc1cn(Cc2ccc(C)c(C)c2)nn1. The van der Waals surface area contributed by atoms with Crippen LogP contribution in [-0.4, -0.2) is 35.3 Å². The second kappa shape index (κ2) is 7.17. The lowest BCUT2D eigenvalue weighted by atomic mass is 10.1. The number of methoxy groups -OCH3 is 1. The van der Waals surface area contributed by atoms with Crippen LogP contribution in [-0.2, 0) is 17.8 Å². The highest BCUT2D eigenvalue weighted by Crippen LogP contribution is 2.10. The quantitative estimate of drug-likeness (QED) is 0.781. The molecule has 2 rings (SSSR count). The number of nitrogens with zero attached hydrogens (tertiary/aromatic N) is 3. The minimum atomic E-state index is 0.705. The van der Waals surface area contributed by atoms with Crippen LogP contribution in [0.5, 0.6) is 0 Å². The Morgan fingerprint density at radius 2 is 2.10 bits per heavy atom. The van der Waals surface area contributed by atoms with Gasteiger partial charge in [0.25, 0.3) is 0 Å². The Morgan fingerprint density at radius 1 is 1.25 bits per heavy atom. The lowest BCUT2D eigenvalue weighted by Crippen LogP contribution is -2.18. The molecule has 0 fully saturated rings. The number of benzene rings is 1. The molecule has 5 nitrogen and oxygen atoms in total. The molecule has 1 N–H and O–H groups in total. The van der Waals surface area contributed by atoms with E-state index >= 15 is 0 Å². The number of aryl methyl sites for hydroxylation is 2. The Bertz CT molecular complexity index is 551. The Kier molecular flexibility index (Phi) is 5.26. The molecule has 1 heterocycles. The van der Waals surface area contributed by atoms with E-state index in [4.69, 9.17) is 4.74 Å². The number of nitrogens with one attached hydrogen (secondary N) is 1. The van der Waals surface area contributed by atoms with Gasteiger partial charge in [-0.05, 0) is 30.5 Å². The molecular formula is C15H22N4O. The van der Waals surface area contributed by atoms with Gasteiger partial charge in [0.15, 0.2) is 0 Å². The number of aromatic nitrogens is 3. The van der Waals surface area contributed by atoms with Crippen LogP contribution in [0.1, 0.15) is 22.4 Å². The molecule has 0 saturated heterocycles. The number of hydrogen-bond donors (Lipinski definition) is 1. The highest BCUT2D eigenvalue weighted by atomic mass is 16.5. The van der Waals surface area contributed by atoms with Gasteiger partial charge in [0.2, 0.25) is 0 Å². The zero-order valence-electron chi connectivity index (χ0n) is 12.4. The summed E-state index contributed by atoms with van der Waals surface area (Å²) in [6, 6.07) is 6.49. The van der Waals surface area contributed by atoms with E-state index in [1.807, 2.05) is 10.9 Å². The van der Waals surface area contributed by atoms with E-state index in [0.29, 0.717) is 6.61 Å². The minimum absolute atomic E-state index is 0.705. The van der Waals surface area contributed by atoms with Crippen molar-refractivity contribution in [2.45, 2.75) is 26.9 Å². The van der Waals surface area contributed by atoms with E-state index in [0.717, 1.165) is 25.3 Å². The molecule has 108 valence electrons. The highest BCUT2D eigenvalue weighted by Gasteiger charge is 2.02. The van der Waals surface area contributed by atoms with Gasteiger partial charge in [-0.3, -0.25) is 0 Å². The maximum atomic E-state index is 4.98. The molecule has 0 aliphatic carbocycles. The number of ether oxygens (including phenoxy) is 1. The summed E-state index contributed by atoms with van der Waals surface area (Å²) in [5.74, 6) is 0. The topological polar surface area (TPSA) is 52.0 Å². The first-order valence-electron chi connectivity index (χ1n) is 6.84. The zero-order valence-corrected chi connectivity index (χ0v) is 12.4. The van der Waals surface area contributed by atoms with Gasteiger partial charge in [-0.1, -0.05) is 23.4 Å². The van der Waals surface area contributed by atoms with Crippen molar-refractivity contribution in [2.24, 2.45) is 0 Å². The van der Waals surface area contributed by atoms with Crippen molar-refractivity contribution in [3.8, 4) is 0 Å². The smallest absolute Gasteiger partial charge is 0.0964 e. The van der Waals surface area contributed by atoms with Crippen LogP contribution in [0.3, 0.4) is 0 Å². The normalized spacial score (nSPS) is 10.9. The summed E-state index contributed by atoms with van der Waals surface area (Å²) in [7, 11) is 1.70. The first kappa shape index (κ1) is 14.7. The molecule has 0 atom stereocenters. The third-order valence-electron chi connectivity index (χ3n) is 3.29. The predicted octanol–water partition coefficient (Wildman–Crippen LogP) is 1.68. The Labute approximate surface area is 120 Å². The Morgan fingerprint density at radius 3 is 2.85 bits per heavy atom. The summed E-state index contributed by atoms with van der Waals surface area (Å²) in [6.45, 7) is 7.25. The molecule has 0 bridgehead atoms. The van der Waals surface area contributed by atoms with Crippen molar-refractivity contribution in [1.29, 1.82) is 0 Å². The van der Waals surface area contributed by atoms with Gasteiger partial charge in [-0.2, -0.15) is 0 Å². The second-order valence-electron chi connectivity index (χ2n) is 5.00. The minimum Gasteiger partial charge on any atom is -0.383 e. The van der Waals surface area contributed by atoms with Crippen molar-refractivity contribution in [3.05, 3.63) is 46.8 Å². The van der Waals surface area contributed by atoms with Gasteiger partial charge in [0.05, 0.1) is 25.0 Å². The summed E-state index contributed by atoms with van der Waals surface area (Å²) >= 11 is 0. The van der Waals surface area contributed by atoms with Gasteiger partial charge in [-0.25, -0.2) is 4.68 Å². The standard InChI is InChI=1S/C15H22N4O/c1-12-4-5-14(8-13(12)2)10-19-11-15(17-18-19)9-16-6-7-20-3/h4-5,8,11,16H,6-7,9-10H2,1-3H3. The fourth-order valence-electron chi connectivity index (χ4n) is 1.98. The monoisotopic (exact) mass is 274 g/mol. The predicted molar refractivity (Wildman–Crippen MR) is 78.6 cm³/mol. The maximum absolute atomic E-state index is 4.98. The molecule has 0 aliphatic heterocycles. The molecule has 5 heteroatoms. The van der Waals surface area contributed by atoms with Gasteiger partial charge in [0.1, 0.15) is 0 Å². The summed E-state index contributed by atoms with van der Waals surface area (Å²) < 4.78 is 6.85. The van der Waals surface area contributed by atoms with Gasteiger partial charge in [-0.15, -0.1) is 5.10 Å². The van der Waals surface area contributed by atoms with Crippen LogP contribution in [0.4, 0.5) is 0 Å². The van der Waals surface area contributed by atoms with Crippen LogP contribution in [0.2, 0.25) is 0 Å². The van der Waals surface area contributed by atoms with Crippen LogP contribution >= 0.6 is 0 Å². The van der Waals surface area contributed by atoms with E-state index in [1.165, 1.54) is 16.7 Å². The molecule has 0 aliphatic rings. The van der Waals surface area contributed by atoms with E-state index in [-0.39, 0.29) is 0 Å². The highest BCUT2D eigenvalue weighted by molar-refractivity contribution is 5.29. The molecule has 2 aromatic rings. The lowest BCUT2D eigenvalue weighted by Gasteiger charge is -2.04. The van der Waals surface area contributed by atoms with Gasteiger partial charge >= 0.3 is 0 Å².